The number of nitrogens with zero attached hydrogens (tertiary/aromatic N) is 3. The average molecular weight is 338 g/mol. The van der Waals surface area contributed by atoms with Gasteiger partial charge in [0.25, 0.3) is 0 Å². The standard InChI is InChI=1S/C18H19N4OP/c1-13-5-4-6-15(9-13)21-18-20-8-7-17(22-18)14-10-16(12-19-11-14)24(2,3)23/h4-12H,1-3H3,(H,20,21,22). The average Bonchev–Trinajstić information content (AvgIpc) is 2.54. The van der Waals surface area contributed by atoms with Crippen LogP contribution in [0, 0.1) is 6.92 Å². The topological polar surface area (TPSA) is 67.8 Å². The van der Waals surface area contributed by atoms with Crippen LogP contribution in [0.2, 0.25) is 0 Å². The van der Waals surface area contributed by atoms with Gasteiger partial charge in [-0.2, -0.15) is 0 Å². The molecule has 0 bridgehead atoms. The first kappa shape index (κ1) is 16.3. The largest absolute Gasteiger partial charge is 0.324 e. The zero-order valence-corrected chi connectivity index (χ0v) is 14.8. The molecule has 0 aliphatic carbocycles. The molecule has 0 atom stereocenters. The Bertz CT molecular complexity index is 920. The SMILES string of the molecule is Cc1cccc(Nc2nccc(-c3cncc(P(C)(C)=O)c3)n2)c1. The molecule has 0 aliphatic rings. The Labute approximate surface area is 141 Å². The van der Waals surface area contributed by atoms with Crippen molar-refractivity contribution in [3.63, 3.8) is 0 Å². The van der Waals surface area contributed by atoms with Crippen LogP contribution in [0.3, 0.4) is 0 Å². The first-order valence-electron chi connectivity index (χ1n) is 7.59. The lowest BCUT2D eigenvalue weighted by Gasteiger charge is -2.09. The van der Waals surface area contributed by atoms with Gasteiger partial charge in [-0.1, -0.05) is 12.1 Å². The van der Waals surface area contributed by atoms with Crippen molar-refractivity contribution in [3.05, 3.63) is 60.6 Å². The van der Waals surface area contributed by atoms with Gasteiger partial charge in [0, 0.05) is 35.1 Å². The summed E-state index contributed by atoms with van der Waals surface area (Å²) in [7, 11) is -2.36. The third-order valence-corrected chi connectivity index (χ3v) is 5.06. The van der Waals surface area contributed by atoms with E-state index in [-0.39, 0.29) is 0 Å². The molecule has 6 heteroatoms. The number of pyridine rings is 1. The highest BCUT2D eigenvalue weighted by Gasteiger charge is 2.13. The van der Waals surface area contributed by atoms with Crippen LogP contribution >= 0.6 is 7.14 Å². The first-order valence-corrected chi connectivity index (χ1v) is 10.2. The molecular formula is C18H19N4OP. The first-order chi connectivity index (χ1) is 11.4. The van der Waals surface area contributed by atoms with E-state index < -0.39 is 7.14 Å². The van der Waals surface area contributed by atoms with E-state index in [4.69, 9.17) is 0 Å². The summed E-state index contributed by atoms with van der Waals surface area (Å²) in [6, 6.07) is 11.7. The van der Waals surface area contributed by atoms with E-state index in [1.54, 1.807) is 31.9 Å². The fraction of sp³-hybridized carbons (Fsp3) is 0.167. The van der Waals surface area contributed by atoms with Crippen molar-refractivity contribution in [2.24, 2.45) is 0 Å². The molecule has 1 aromatic carbocycles. The minimum atomic E-state index is -2.36. The molecule has 0 radical (unpaired) electrons. The smallest absolute Gasteiger partial charge is 0.227 e. The maximum atomic E-state index is 12.3. The second-order valence-corrected chi connectivity index (χ2v) is 9.26. The van der Waals surface area contributed by atoms with Crippen molar-refractivity contribution in [1.29, 1.82) is 0 Å². The highest BCUT2D eigenvalue weighted by molar-refractivity contribution is 7.70. The summed E-state index contributed by atoms with van der Waals surface area (Å²) in [5.41, 5.74) is 3.66. The normalized spacial score (nSPS) is 11.3. The molecule has 0 saturated carbocycles. The van der Waals surface area contributed by atoms with Crippen molar-refractivity contribution >= 4 is 24.1 Å². The van der Waals surface area contributed by atoms with Crippen LogP contribution in [0.5, 0.6) is 0 Å². The molecule has 1 N–H and O–H groups in total. The number of rotatable bonds is 4. The number of nitrogens with one attached hydrogen (secondary N) is 1. The lowest BCUT2D eigenvalue weighted by atomic mass is 10.2. The van der Waals surface area contributed by atoms with Crippen molar-refractivity contribution in [1.82, 2.24) is 15.0 Å². The Morgan fingerprint density at radius 1 is 1.08 bits per heavy atom. The second kappa shape index (κ2) is 6.54. The number of benzene rings is 1. The summed E-state index contributed by atoms with van der Waals surface area (Å²) in [6.45, 7) is 5.50. The molecule has 0 amide bonds. The summed E-state index contributed by atoms with van der Waals surface area (Å²) in [5, 5.41) is 3.94. The predicted molar refractivity (Wildman–Crippen MR) is 98.8 cm³/mol. The summed E-state index contributed by atoms with van der Waals surface area (Å²) < 4.78 is 12.3. The Hall–Kier alpha value is -2.52. The van der Waals surface area contributed by atoms with Gasteiger partial charge in [-0.3, -0.25) is 4.98 Å². The molecule has 2 heterocycles. The molecule has 0 saturated heterocycles. The molecule has 0 aliphatic heterocycles. The lowest BCUT2D eigenvalue weighted by Crippen LogP contribution is -2.05. The van der Waals surface area contributed by atoms with E-state index in [2.05, 4.69) is 20.3 Å². The minimum Gasteiger partial charge on any atom is -0.324 e. The molecule has 24 heavy (non-hydrogen) atoms. The van der Waals surface area contributed by atoms with Crippen LogP contribution < -0.4 is 10.6 Å². The highest BCUT2D eigenvalue weighted by Crippen LogP contribution is 2.35. The summed E-state index contributed by atoms with van der Waals surface area (Å²) in [4.78, 5) is 13.0. The molecule has 122 valence electrons. The summed E-state index contributed by atoms with van der Waals surface area (Å²) >= 11 is 0. The van der Waals surface area contributed by atoms with Gasteiger partial charge in [0.15, 0.2) is 0 Å². The van der Waals surface area contributed by atoms with Crippen molar-refractivity contribution in [2.75, 3.05) is 18.6 Å². The number of hydrogen-bond donors (Lipinski definition) is 1. The van der Waals surface area contributed by atoms with Gasteiger partial charge in [-0.15, -0.1) is 0 Å². The summed E-state index contributed by atoms with van der Waals surface area (Å²) in [6.07, 6.45) is 5.07. The van der Waals surface area contributed by atoms with Gasteiger partial charge in [-0.25, -0.2) is 9.97 Å². The molecule has 3 rings (SSSR count). The Balaban J connectivity index is 1.92. The van der Waals surface area contributed by atoms with Crippen molar-refractivity contribution in [3.8, 4) is 11.3 Å². The van der Waals surface area contributed by atoms with E-state index in [1.165, 1.54) is 0 Å². The Kier molecular flexibility index (Phi) is 4.45. The van der Waals surface area contributed by atoms with E-state index in [1.807, 2.05) is 43.3 Å². The molecule has 0 spiro atoms. The van der Waals surface area contributed by atoms with Gasteiger partial charge in [0.05, 0.1) is 5.69 Å². The van der Waals surface area contributed by atoms with E-state index in [0.717, 1.165) is 27.8 Å². The lowest BCUT2D eigenvalue weighted by molar-refractivity contribution is 0.588. The van der Waals surface area contributed by atoms with E-state index in [9.17, 15) is 4.57 Å². The van der Waals surface area contributed by atoms with Crippen LogP contribution in [0.4, 0.5) is 11.6 Å². The molecule has 0 fully saturated rings. The zero-order valence-electron chi connectivity index (χ0n) is 13.9. The van der Waals surface area contributed by atoms with Crippen LogP contribution in [0.1, 0.15) is 5.56 Å². The summed E-state index contributed by atoms with van der Waals surface area (Å²) in [5.74, 6) is 0.514. The van der Waals surface area contributed by atoms with Crippen LogP contribution in [0.15, 0.2) is 55.0 Å². The fourth-order valence-corrected chi connectivity index (χ4v) is 3.09. The van der Waals surface area contributed by atoms with E-state index >= 15 is 0 Å². The highest BCUT2D eigenvalue weighted by atomic mass is 31.2. The van der Waals surface area contributed by atoms with Crippen LogP contribution in [-0.2, 0) is 4.57 Å². The molecule has 2 aromatic heterocycles. The zero-order chi connectivity index (χ0) is 17.2. The molecule has 0 unspecified atom stereocenters. The van der Waals surface area contributed by atoms with Gasteiger partial charge >= 0.3 is 0 Å². The fourth-order valence-electron chi connectivity index (χ4n) is 2.29. The maximum absolute atomic E-state index is 12.3. The van der Waals surface area contributed by atoms with Gasteiger partial charge in [-0.05, 0) is 50.1 Å². The minimum absolute atomic E-state index is 0.514. The third-order valence-electron chi connectivity index (χ3n) is 3.57. The van der Waals surface area contributed by atoms with Crippen LogP contribution in [-0.4, -0.2) is 28.3 Å². The second-order valence-electron chi connectivity index (χ2n) is 6.04. The van der Waals surface area contributed by atoms with Gasteiger partial charge in [0.1, 0.15) is 7.14 Å². The van der Waals surface area contributed by atoms with Gasteiger partial charge < -0.3 is 9.88 Å². The van der Waals surface area contributed by atoms with Crippen molar-refractivity contribution in [2.45, 2.75) is 6.92 Å². The van der Waals surface area contributed by atoms with Gasteiger partial charge in [0.2, 0.25) is 5.95 Å². The molecule has 5 nitrogen and oxygen atoms in total. The quantitative estimate of drug-likeness (QED) is 0.732. The van der Waals surface area contributed by atoms with Crippen LogP contribution in [0.25, 0.3) is 11.3 Å². The Morgan fingerprint density at radius 2 is 1.92 bits per heavy atom. The van der Waals surface area contributed by atoms with E-state index in [0.29, 0.717) is 5.95 Å². The monoisotopic (exact) mass is 338 g/mol. The molecule has 3 aromatic rings. The number of anilines is 2. The Morgan fingerprint density at radius 3 is 2.67 bits per heavy atom. The maximum Gasteiger partial charge on any atom is 0.227 e. The molecular weight excluding hydrogens is 319 g/mol. The van der Waals surface area contributed by atoms with Crippen molar-refractivity contribution < 1.29 is 4.57 Å². The number of hydrogen-bond acceptors (Lipinski definition) is 5. The third kappa shape index (κ3) is 3.87. The number of aromatic nitrogens is 3. The predicted octanol–water partition coefficient (Wildman–Crippen LogP) is 3.84. The number of aryl methyl sites for hydroxylation is 1.